The summed E-state index contributed by atoms with van der Waals surface area (Å²) in [5.74, 6) is -17.6. The lowest BCUT2D eigenvalue weighted by Crippen LogP contribution is -2.62. The molecule has 3 aliphatic rings. The number of carboxylic acid groups (broad SMARTS) is 1. The molecule has 9 N–H and O–H groups in total. The van der Waals surface area contributed by atoms with Gasteiger partial charge in [-0.15, -0.1) is 0 Å². The van der Waals surface area contributed by atoms with Gasteiger partial charge < -0.3 is 69.6 Å². The second-order valence-corrected chi connectivity index (χ2v) is 10.4. The first-order valence-electron chi connectivity index (χ1n) is 13.2. The Morgan fingerprint density at radius 1 is 0.848 bits per heavy atom. The van der Waals surface area contributed by atoms with Gasteiger partial charge in [-0.1, -0.05) is 0 Å². The molecule has 1 unspecified atom stereocenters. The van der Waals surface area contributed by atoms with Gasteiger partial charge in [0.2, 0.25) is 12.0 Å². The Hall–Kier alpha value is -5.37. The van der Waals surface area contributed by atoms with E-state index < -0.39 is 143 Å². The van der Waals surface area contributed by atoms with Gasteiger partial charge in [-0.25, -0.2) is 14.4 Å². The Kier molecular flexibility index (Phi) is 8.26. The van der Waals surface area contributed by atoms with Gasteiger partial charge in [-0.05, 0) is 18.2 Å². The molecule has 2 aromatic carbocycles. The van der Waals surface area contributed by atoms with Crippen LogP contribution in [0.3, 0.4) is 0 Å². The maximum absolute atomic E-state index is 13.6. The van der Waals surface area contributed by atoms with E-state index >= 15 is 0 Å². The quantitative estimate of drug-likeness (QED) is 0.0733. The molecule has 2 aromatic rings. The first-order chi connectivity index (χ1) is 21.6. The number of aromatic hydroxyl groups is 5. The minimum atomic E-state index is -2.35. The van der Waals surface area contributed by atoms with Crippen molar-refractivity contribution in [2.24, 2.45) is 5.92 Å². The third-order valence-electron chi connectivity index (χ3n) is 7.56. The van der Waals surface area contributed by atoms with E-state index in [-0.39, 0.29) is 0 Å². The van der Waals surface area contributed by atoms with Gasteiger partial charge in [0.1, 0.15) is 12.2 Å². The summed E-state index contributed by atoms with van der Waals surface area (Å²) in [6.45, 7) is -1.06. The van der Waals surface area contributed by atoms with Crippen LogP contribution < -0.4 is 4.74 Å². The van der Waals surface area contributed by atoms with Crippen LogP contribution >= 0.6 is 0 Å². The fourth-order valence-corrected chi connectivity index (χ4v) is 5.40. The summed E-state index contributed by atoms with van der Waals surface area (Å²) in [5.41, 5.74) is -2.06. The van der Waals surface area contributed by atoms with E-state index in [0.717, 1.165) is 0 Å². The van der Waals surface area contributed by atoms with Crippen molar-refractivity contribution in [3.05, 3.63) is 34.9 Å². The van der Waals surface area contributed by atoms with Crippen LogP contribution in [0, 0.1) is 5.92 Å². The topological polar surface area (TPSA) is 314 Å². The summed E-state index contributed by atoms with van der Waals surface area (Å²) in [4.78, 5) is 64.4. The summed E-state index contributed by atoms with van der Waals surface area (Å²) in [5, 5.41) is 91.4. The van der Waals surface area contributed by atoms with E-state index in [9.17, 15) is 69.9 Å². The second kappa shape index (κ2) is 11.9. The number of phenols is 5. The number of hydrogen-bond acceptors (Lipinski definition) is 18. The number of carboxylic acids is 1. The maximum atomic E-state index is 13.6. The number of esters is 4. The Balaban J connectivity index is 1.64. The zero-order valence-electron chi connectivity index (χ0n) is 22.9. The lowest BCUT2D eigenvalue weighted by atomic mass is 9.76. The molecule has 0 spiro atoms. The number of ether oxygens (including phenoxy) is 5. The Bertz CT molecular complexity index is 1610. The highest BCUT2D eigenvalue weighted by molar-refractivity contribution is 5.97. The highest BCUT2D eigenvalue weighted by atomic mass is 16.7. The van der Waals surface area contributed by atoms with E-state index in [1.807, 2.05) is 0 Å². The molecule has 8 atom stereocenters. The minimum absolute atomic E-state index is 0.573. The predicted octanol–water partition coefficient (Wildman–Crippen LogP) is -1.95. The normalized spacial score (nSPS) is 28.9. The van der Waals surface area contributed by atoms with Gasteiger partial charge in [-0.2, -0.15) is 0 Å². The van der Waals surface area contributed by atoms with E-state index in [0.29, 0.717) is 18.2 Å². The van der Waals surface area contributed by atoms with Crippen molar-refractivity contribution in [1.29, 1.82) is 0 Å². The number of aliphatic hydroxyl groups excluding tert-OH is 3. The van der Waals surface area contributed by atoms with Crippen molar-refractivity contribution in [3.8, 4) is 34.5 Å². The average Bonchev–Trinajstić information content (AvgIpc) is 3.00. The number of aliphatic hydroxyl groups is 3. The van der Waals surface area contributed by atoms with E-state index in [4.69, 9.17) is 23.7 Å². The molecular weight excluding hydrogens is 628 g/mol. The monoisotopic (exact) mass is 652 g/mol. The number of phenolic OH excluding ortho intramolecular Hbond substituents is 5. The first-order valence-corrected chi connectivity index (χ1v) is 13.2. The lowest BCUT2D eigenvalue weighted by molar-refractivity contribution is -0.288. The SMILES string of the molecule is O=C(O)C[C@H]1C(=O)O[C@H]2C(O)[C@@H](OC(=O)c3cc(O)c(O)c4c3[C@H]1[C@H](O)C(=O)O4)[C@H](OC(=O)c1cc(O)c(O)c(O)c1)O[C@@H]2CO. The Morgan fingerprint density at radius 2 is 1.48 bits per heavy atom. The van der Waals surface area contributed by atoms with Crippen LogP contribution in [0.5, 0.6) is 34.5 Å². The summed E-state index contributed by atoms with van der Waals surface area (Å²) in [6, 6.07) is 1.92. The Morgan fingerprint density at radius 3 is 2.09 bits per heavy atom. The maximum Gasteiger partial charge on any atom is 0.341 e. The van der Waals surface area contributed by atoms with Crippen molar-refractivity contribution in [3.63, 3.8) is 0 Å². The van der Waals surface area contributed by atoms with Gasteiger partial charge >= 0.3 is 29.8 Å². The van der Waals surface area contributed by atoms with Crippen LogP contribution in [-0.4, -0.2) is 119 Å². The second-order valence-electron chi connectivity index (χ2n) is 10.4. The molecule has 19 nitrogen and oxygen atoms in total. The number of rotatable bonds is 5. The summed E-state index contributed by atoms with van der Waals surface area (Å²) < 4.78 is 26.2. The fraction of sp³-hybridized carbons (Fsp3) is 0.370. The number of fused-ring (bicyclic) bond motifs is 2. The van der Waals surface area contributed by atoms with Crippen molar-refractivity contribution < 1.29 is 93.6 Å². The molecule has 19 heteroatoms. The minimum Gasteiger partial charge on any atom is -0.504 e. The molecule has 1 saturated heterocycles. The molecular formula is C27H24O19. The highest BCUT2D eigenvalue weighted by Gasteiger charge is 2.55. The molecule has 0 amide bonds. The number of aliphatic carboxylic acids is 1. The van der Waals surface area contributed by atoms with E-state index in [1.54, 1.807) is 0 Å². The van der Waals surface area contributed by atoms with Gasteiger partial charge in [0.05, 0.1) is 30.1 Å². The predicted molar refractivity (Wildman–Crippen MR) is 138 cm³/mol. The molecule has 0 aliphatic carbocycles. The molecule has 0 radical (unpaired) electrons. The fourth-order valence-electron chi connectivity index (χ4n) is 5.40. The summed E-state index contributed by atoms with van der Waals surface area (Å²) in [6.07, 6.45) is -13.7. The number of benzene rings is 2. The van der Waals surface area contributed by atoms with Crippen LogP contribution in [0.15, 0.2) is 18.2 Å². The van der Waals surface area contributed by atoms with Gasteiger partial charge in [0.25, 0.3) is 0 Å². The molecule has 3 heterocycles. The molecule has 246 valence electrons. The molecule has 2 bridgehead atoms. The van der Waals surface area contributed by atoms with Gasteiger partial charge in [0.15, 0.2) is 47.1 Å². The largest absolute Gasteiger partial charge is 0.504 e. The van der Waals surface area contributed by atoms with Crippen LogP contribution in [0.2, 0.25) is 0 Å². The molecule has 0 saturated carbocycles. The van der Waals surface area contributed by atoms with Crippen molar-refractivity contribution in [1.82, 2.24) is 0 Å². The van der Waals surface area contributed by atoms with Crippen molar-refractivity contribution in [2.45, 2.75) is 49.1 Å². The van der Waals surface area contributed by atoms with E-state index in [2.05, 4.69) is 0 Å². The standard InChI is InChI=1S/C27H24O19/c28-5-12-20-19(37)22(27(42-12)46-23(38)6-1-9(29)16(34)10(30)2-6)45-24(39)7-3-11(31)17(35)21-15(7)14(18(36)26(41)44-21)8(4-13(32)33)25(40)43-20/h1-3,8,12,14,18-20,22,27-31,34-37H,4-5H2,(H,32,33)/t8-,12-,14+,18+,19?,20-,22-,27+/m1/s1. The molecule has 46 heavy (non-hydrogen) atoms. The van der Waals surface area contributed by atoms with Crippen molar-refractivity contribution in [2.75, 3.05) is 6.61 Å². The van der Waals surface area contributed by atoms with Gasteiger partial charge in [-0.3, -0.25) is 9.59 Å². The average molecular weight is 652 g/mol. The van der Waals surface area contributed by atoms with Crippen LogP contribution in [0.1, 0.15) is 38.6 Å². The summed E-state index contributed by atoms with van der Waals surface area (Å²) in [7, 11) is 0. The number of hydrogen-bond donors (Lipinski definition) is 9. The molecule has 3 aliphatic heterocycles. The number of carbonyl (C=O) groups is 5. The third kappa shape index (κ3) is 5.40. The highest BCUT2D eigenvalue weighted by Crippen LogP contribution is 2.51. The van der Waals surface area contributed by atoms with E-state index in [1.165, 1.54) is 0 Å². The number of carbonyl (C=O) groups excluding carboxylic acids is 4. The lowest BCUT2D eigenvalue weighted by Gasteiger charge is -2.42. The Labute approximate surface area is 254 Å². The van der Waals surface area contributed by atoms with Crippen molar-refractivity contribution >= 4 is 29.8 Å². The van der Waals surface area contributed by atoms with Crippen LogP contribution in [0.4, 0.5) is 0 Å². The first kappa shape index (κ1) is 32.0. The summed E-state index contributed by atoms with van der Waals surface area (Å²) >= 11 is 0. The zero-order valence-corrected chi connectivity index (χ0v) is 22.9. The van der Waals surface area contributed by atoms with Gasteiger partial charge in [0, 0.05) is 11.5 Å². The smallest absolute Gasteiger partial charge is 0.341 e. The van der Waals surface area contributed by atoms with Crippen LogP contribution in [-0.2, 0) is 33.3 Å². The zero-order chi connectivity index (χ0) is 33.8. The van der Waals surface area contributed by atoms with Crippen LogP contribution in [0.25, 0.3) is 0 Å². The molecule has 5 rings (SSSR count). The molecule has 1 fully saturated rings. The molecule has 0 aromatic heterocycles. The third-order valence-corrected chi connectivity index (χ3v) is 7.56.